The van der Waals surface area contributed by atoms with Gasteiger partial charge in [0.2, 0.25) is 0 Å². The van der Waals surface area contributed by atoms with E-state index < -0.39 is 6.10 Å². The summed E-state index contributed by atoms with van der Waals surface area (Å²) in [5.41, 5.74) is 4.81. The van der Waals surface area contributed by atoms with Crippen LogP contribution in [0.5, 0.6) is 5.75 Å². The molecule has 3 nitrogen and oxygen atoms in total. The molecule has 1 unspecified atom stereocenters. The number of fused-ring (bicyclic) bond motifs is 1. The highest BCUT2D eigenvalue weighted by Gasteiger charge is 2.51. The Morgan fingerprint density at radius 3 is 2.23 bits per heavy atom. The van der Waals surface area contributed by atoms with E-state index in [4.69, 9.17) is 4.74 Å². The fourth-order valence-corrected chi connectivity index (χ4v) is 7.62. The zero-order valence-corrected chi connectivity index (χ0v) is 18.5. The van der Waals surface area contributed by atoms with Crippen LogP contribution in [0.1, 0.15) is 55.2 Å². The minimum atomic E-state index is -0.465. The van der Waals surface area contributed by atoms with Gasteiger partial charge < -0.3 is 9.84 Å². The predicted octanol–water partition coefficient (Wildman–Crippen LogP) is 4.95. The number of aliphatic hydroxyl groups excluding tert-OH is 1. The Morgan fingerprint density at radius 1 is 0.903 bits per heavy atom. The van der Waals surface area contributed by atoms with Gasteiger partial charge in [-0.05, 0) is 96.9 Å². The third-order valence-electron chi connectivity index (χ3n) is 8.63. The van der Waals surface area contributed by atoms with E-state index in [0.29, 0.717) is 18.6 Å². The first kappa shape index (κ1) is 19.8. The van der Waals surface area contributed by atoms with Gasteiger partial charge in [0.25, 0.3) is 0 Å². The molecule has 2 aromatic rings. The zero-order valence-electron chi connectivity index (χ0n) is 18.5. The lowest BCUT2D eigenvalue weighted by Gasteiger charge is -2.57. The molecule has 0 spiro atoms. The van der Waals surface area contributed by atoms with E-state index in [1.807, 2.05) is 0 Å². The fourth-order valence-electron chi connectivity index (χ4n) is 7.62. The van der Waals surface area contributed by atoms with Crippen molar-refractivity contribution in [3.63, 3.8) is 0 Å². The van der Waals surface area contributed by atoms with Crippen LogP contribution in [0.4, 0.5) is 0 Å². The molecule has 4 bridgehead atoms. The molecule has 4 saturated carbocycles. The van der Waals surface area contributed by atoms with Gasteiger partial charge in [0.15, 0.2) is 0 Å². The van der Waals surface area contributed by atoms with E-state index in [9.17, 15) is 5.11 Å². The van der Waals surface area contributed by atoms with Gasteiger partial charge in [0, 0.05) is 19.6 Å². The van der Waals surface area contributed by atoms with Crippen LogP contribution in [-0.4, -0.2) is 35.8 Å². The molecular weight excluding hydrogens is 382 g/mol. The van der Waals surface area contributed by atoms with E-state index >= 15 is 0 Å². The first-order valence-electron chi connectivity index (χ1n) is 12.4. The highest BCUT2D eigenvalue weighted by Crippen LogP contribution is 2.60. The number of benzene rings is 2. The highest BCUT2D eigenvalue weighted by molar-refractivity contribution is 5.34. The Bertz CT molecular complexity index is 886. The lowest BCUT2D eigenvalue weighted by molar-refractivity contribution is -0.00522. The molecule has 4 fully saturated rings. The topological polar surface area (TPSA) is 32.7 Å². The van der Waals surface area contributed by atoms with Gasteiger partial charge >= 0.3 is 0 Å². The predicted molar refractivity (Wildman–Crippen MR) is 123 cm³/mol. The molecule has 7 rings (SSSR count). The van der Waals surface area contributed by atoms with E-state index in [0.717, 1.165) is 43.0 Å². The molecule has 1 aliphatic heterocycles. The Balaban J connectivity index is 1.04. The van der Waals surface area contributed by atoms with Crippen LogP contribution < -0.4 is 4.74 Å². The lowest BCUT2D eigenvalue weighted by atomic mass is 9.48. The summed E-state index contributed by atoms with van der Waals surface area (Å²) in [6.07, 6.45) is 9.26. The molecule has 2 aromatic carbocycles. The lowest BCUT2D eigenvalue weighted by Crippen LogP contribution is -2.48. The Hall–Kier alpha value is -1.84. The summed E-state index contributed by atoms with van der Waals surface area (Å²) in [5, 5.41) is 10.6. The molecular formula is C28H35NO2. The summed E-state index contributed by atoms with van der Waals surface area (Å²) in [6, 6.07) is 17.6. The Morgan fingerprint density at radius 2 is 1.55 bits per heavy atom. The fraction of sp³-hybridized carbons (Fsp3) is 0.571. The van der Waals surface area contributed by atoms with Gasteiger partial charge in [0.1, 0.15) is 18.5 Å². The van der Waals surface area contributed by atoms with E-state index in [1.54, 1.807) is 0 Å². The number of β-amino-alcohol motifs (C(OH)–C–C–N with tert-alkyl or cyclic N) is 1. The Kier molecular flexibility index (Phi) is 5.07. The third kappa shape index (κ3) is 3.91. The summed E-state index contributed by atoms with van der Waals surface area (Å²) in [6.45, 7) is 2.95. The average Bonchev–Trinajstić information content (AvgIpc) is 2.77. The number of aliphatic hydroxyl groups is 1. The van der Waals surface area contributed by atoms with E-state index in [2.05, 4.69) is 53.4 Å². The minimum Gasteiger partial charge on any atom is -0.491 e. The SMILES string of the molecule is OC(COc1ccc(C23CC4CC(CC(C4)C2)C3)cc1)CN1CCc2ccccc2C1. The molecule has 5 aliphatic rings. The molecule has 0 aromatic heterocycles. The van der Waals surface area contributed by atoms with Crippen molar-refractivity contribution in [2.75, 3.05) is 19.7 Å². The molecule has 3 heteroatoms. The van der Waals surface area contributed by atoms with Crippen LogP contribution >= 0.6 is 0 Å². The smallest absolute Gasteiger partial charge is 0.119 e. The summed E-state index contributed by atoms with van der Waals surface area (Å²) < 4.78 is 5.98. The quantitative estimate of drug-likeness (QED) is 0.722. The van der Waals surface area contributed by atoms with Gasteiger partial charge in [-0.15, -0.1) is 0 Å². The molecule has 164 valence electrons. The average molecular weight is 418 g/mol. The molecule has 31 heavy (non-hydrogen) atoms. The standard InChI is InChI=1S/C28H35NO2/c30-26(18-29-10-9-23-3-1-2-4-24(23)17-29)19-31-27-7-5-25(6-8-27)28-14-20-11-21(15-28)13-22(12-20)16-28/h1-8,20-22,26,30H,9-19H2. The molecule has 0 amide bonds. The van der Waals surface area contributed by atoms with Crippen molar-refractivity contribution in [1.82, 2.24) is 4.90 Å². The summed E-state index contributed by atoms with van der Waals surface area (Å²) >= 11 is 0. The van der Waals surface area contributed by atoms with Gasteiger partial charge in [-0.2, -0.15) is 0 Å². The number of hydrogen-bond acceptors (Lipinski definition) is 3. The molecule has 1 atom stereocenters. The monoisotopic (exact) mass is 417 g/mol. The van der Waals surface area contributed by atoms with Crippen molar-refractivity contribution in [1.29, 1.82) is 0 Å². The Labute approximate surface area is 186 Å². The van der Waals surface area contributed by atoms with Crippen molar-refractivity contribution < 1.29 is 9.84 Å². The second-order valence-electron chi connectivity index (χ2n) is 10.9. The number of nitrogens with zero attached hydrogens (tertiary/aromatic N) is 1. The summed E-state index contributed by atoms with van der Waals surface area (Å²) in [7, 11) is 0. The van der Waals surface area contributed by atoms with Crippen molar-refractivity contribution in [2.24, 2.45) is 17.8 Å². The number of rotatable bonds is 6. The van der Waals surface area contributed by atoms with Crippen molar-refractivity contribution in [3.05, 3.63) is 65.2 Å². The largest absolute Gasteiger partial charge is 0.491 e. The zero-order chi connectivity index (χ0) is 20.8. The molecule has 0 saturated heterocycles. The van der Waals surface area contributed by atoms with Crippen LogP contribution in [0.25, 0.3) is 0 Å². The molecule has 1 heterocycles. The van der Waals surface area contributed by atoms with Crippen LogP contribution in [0.2, 0.25) is 0 Å². The minimum absolute atomic E-state index is 0.356. The van der Waals surface area contributed by atoms with Gasteiger partial charge in [-0.1, -0.05) is 36.4 Å². The van der Waals surface area contributed by atoms with Crippen LogP contribution in [0.3, 0.4) is 0 Å². The van der Waals surface area contributed by atoms with E-state index in [1.165, 1.54) is 55.2 Å². The molecule has 4 aliphatic carbocycles. The van der Waals surface area contributed by atoms with Crippen molar-refractivity contribution in [2.45, 2.75) is 63.0 Å². The normalized spacial score (nSPS) is 32.6. The first-order valence-corrected chi connectivity index (χ1v) is 12.4. The maximum absolute atomic E-state index is 10.6. The van der Waals surface area contributed by atoms with Gasteiger partial charge in [-0.3, -0.25) is 4.90 Å². The maximum Gasteiger partial charge on any atom is 0.119 e. The second-order valence-corrected chi connectivity index (χ2v) is 10.9. The number of hydrogen-bond donors (Lipinski definition) is 1. The van der Waals surface area contributed by atoms with Crippen molar-refractivity contribution in [3.8, 4) is 5.75 Å². The summed E-state index contributed by atoms with van der Waals surface area (Å²) in [5.74, 6) is 3.80. The molecule has 0 radical (unpaired) electrons. The maximum atomic E-state index is 10.6. The first-order chi connectivity index (χ1) is 15.1. The van der Waals surface area contributed by atoms with Crippen molar-refractivity contribution >= 4 is 0 Å². The van der Waals surface area contributed by atoms with Gasteiger partial charge in [-0.25, -0.2) is 0 Å². The van der Waals surface area contributed by atoms with Crippen LogP contribution in [-0.2, 0) is 18.4 Å². The third-order valence-corrected chi connectivity index (χ3v) is 8.63. The van der Waals surface area contributed by atoms with Gasteiger partial charge in [0.05, 0.1) is 0 Å². The highest BCUT2D eigenvalue weighted by atomic mass is 16.5. The van der Waals surface area contributed by atoms with Crippen LogP contribution in [0, 0.1) is 17.8 Å². The second kappa shape index (κ2) is 7.94. The summed E-state index contributed by atoms with van der Waals surface area (Å²) in [4.78, 5) is 2.34. The molecule has 1 N–H and O–H groups in total. The van der Waals surface area contributed by atoms with Crippen LogP contribution in [0.15, 0.2) is 48.5 Å². The number of ether oxygens (including phenoxy) is 1. The van der Waals surface area contributed by atoms with E-state index in [-0.39, 0.29) is 0 Å².